The number of hydrogen-bond donors (Lipinski definition) is 2. The second-order valence-electron chi connectivity index (χ2n) is 8.06. The predicted octanol–water partition coefficient (Wildman–Crippen LogP) is 5.91. The van der Waals surface area contributed by atoms with Crippen LogP contribution in [0.2, 0.25) is 9.36 Å². The van der Waals surface area contributed by atoms with Crippen molar-refractivity contribution < 1.29 is 14.7 Å². The van der Waals surface area contributed by atoms with Gasteiger partial charge in [-0.3, -0.25) is 14.5 Å². The fourth-order valence-corrected chi connectivity index (χ4v) is 5.12. The van der Waals surface area contributed by atoms with Gasteiger partial charge in [0.15, 0.2) is 5.69 Å². The summed E-state index contributed by atoms with van der Waals surface area (Å²) in [6, 6.07) is 12.7. The molecule has 6 nitrogen and oxygen atoms in total. The molecule has 0 spiro atoms. The largest absolute Gasteiger partial charge is 0.508 e. The molecule has 2 amide bonds. The van der Waals surface area contributed by atoms with Crippen LogP contribution in [-0.2, 0) is 4.79 Å². The summed E-state index contributed by atoms with van der Waals surface area (Å²) < 4.78 is 4.37. The molecule has 0 aliphatic heterocycles. The molecule has 0 unspecified atom stereocenters. The van der Waals surface area contributed by atoms with Gasteiger partial charge in [-0.1, -0.05) is 66.4 Å². The molecule has 1 atom stereocenters. The van der Waals surface area contributed by atoms with Crippen LogP contribution < -0.4 is 10.2 Å². The molecule has 1 fully saturated rings. The maximum atomic E-state index is 13.9. The number of nitrogens with zero attached hydrogens (tertiary/aromatic N) is 2. The number of aromatic nitrogens is 1. The van der Waals surface area contributed by atoms with Crippen molar-refractivity contribution in [1.29, 1.82) is 0 Å². The lowest BCUT2D eigenvalue weighted by molar-refractivity contribution is -0.123. The summed E-state index contributed by atoms with van der Waals surface area (Å²) in [6.07, 6.45) is 3.92. The molecule has 172 valence electrons. The maximum absolute atomic E-state index is 13.9. The first-order valence-electron chi connectivity index (χ1n) is 10.7. The van der Waals surface area contributed by atoms with Gasteiger partial charge in [0, 0.05) is 11.7 Å². The molecule has 1 aliphatic rings. The highest BCUT2D eigenvalue weighted by atomic mass is 35.5. The number of aryl methyl sites for hydroxylation is 1. The number of phenols is 1. The highest BCUT2D eigenvalue weighted by Gasteiger charge is 2.37. The normalized spacial score (nSPS) is 14.8. The average Bonchev–Trinajstić information content (AvgIpc) is 3.43. The van der Waals surface area contributed by atoms with E-state index in [1.165, 1.54) is 17.0 Å². The number of benzene rings is 2. The van der Waals surface area contributed by atoms with Crippen LogP contribution in [0.25, 0.3) is 0 Å². The molecular formula is C24H23Cl2N3O3S. The molecule has 0 radical (unpaired) electrons. The van der Waals surface area contributed by atoms with Gasteiger partial charge >= 0.3 is 0 Å². The van der Waals surface area contributed by atoms with Gasteiger partial charge in [0.05, 0.1) is 0 Å². The van der Waals surface area contributed by atoms with E-state index in [-0.39, 0.29) is 32.8 Å². The Labute approximate surface area is 206 Å². The van der Waals surface area contributed by atoms with E-state index in [1.54, 1.807) is 24.3 Å². The van der Waals surface area contributed by atoms with Crippen molar-refractivity contribution in [2.75, 3.05) is 4.90 Å². The summed E-state index contributed by atoms with van der Waals surface area (Å²) in [7, 11) is 0. The Morgan fingerprint density at radius 1 is 1.12 bits per heavy atom. The summed E-state index contributed by atoms with van der Waals surface area (Å²) >= 11 is 13.3. The number of nitrogens with one attached hydrogen (secondary N) is 1. The second kappa shape index (κ2) is 10.1. The molecule has 1 saturated carbocycles. The zero-order valence-corrected chi connectivity index (χ0v) is 20.3. The summed E-state index contributed by atoms with van der Waals surface area (Å²) in [6.45, 7) is 1.87. The summed E-state index contributed by atoms with van der Waals surface area (Å²) in [5.41, 5.74) is 1.91. The van der Waals surface area contributed by atoms with Crippen molar-refractivity contribution in [2.24, 2.45) is 0 Å². The quantitative estimate of drug-likeness (QED) is 0.437. The van der Waals surface area contributed by atoms with Crippen LogP contribution >= 0.6 is 34.7 Å². The Kier molecular flexibility index (Phi) is 7.22. The number of para-hydroxylation sites is 1. The first-order valence-corrected chi connectivity index (χ1v) is 12.2. The van der Waals surface area contributed by atoms with Crippen LogP contribution in [0, 0.1) is 6.92 Å². The molecule has 0 bridgehead atoms. The van der Waals surface area contributed by atoms with Crippen LogP contribution in [0.4, 0.5) is 5.69 Å². The van der Waals surface area contributed by atoms with Crippen molar-refractivity contribution in [3.8, 4) is 5.75 Å². The second-order valence-corrected chi connectivity index (χ2v) is 9.82. The third-order valence-electron chi connectivity index (χ3n) is 5.81. The average molecular weight is 504 g/mol. The van der Waals surface area contributed by atoms with Crippen molar-refractivity contribution in [2.45, 2.75) is 44.7 Å². The lowest BCUT2D eigenvalue weighted by atomic mass is 10.0. The summed E-state index contributed by atoms with van der Waals surface area (Å²) in [5, 5.41) is 13.0. The van der Waals surface area contributed by atoms with Crippen LogP contribution in [0.5, 0.6) is 5.75 Å². The van der Waals surface area contributed by atoms with Crippen molar-refractivity contribution >= 4 is 52.2 Å². The van der Waals surface area contributed by atoms with Crippen LogP contribution in [0.3, 0.4) is 0 Å². The number of hydrogen-bond acceptors (Lipinski definition) is 5. The summed E-state index contributed by atoms with van der Waals surface area (Å²) in [5.74, 6) is -0.768. The molecule has 1 heterocycles. The fourth-order valence-electron chi connectivity index (χ4n) is 4.13. The monoisotopic (exact) mass is 503 g/mol. The Morgan fingerprint density at radius 2 is 1.79 bits per heavy atom. The molecule has 4 rings (SSSR count). The van der Waals surface area contributed by atoms with E-state index in [2.05, 4.69) is 9.69 Å². The van der Waals surface area contributed by atoms with Crippen molar-refractivity contribution in [3.05, 3.63) is 74.7 Å². The van der Waals surface area contributed by atoms with Crippen molar-refractivity contribution in [3.63, 3.8) is 0 Å². The highest BCUT2D eigenvalue weighted by Crippen LogP contribution is 2.36. The lowest BCUT2D eigenvalue weighted by Crippen LogP contribution is -2.46. The molecule has 3 aromatic rings. The van der Waals surface area contributed by atoms with Crippen LogP contribution in [0.15, 0.2) is 48.5 Å². The fraction of sp³-hybridized carbons (Fsp3) is 0.292. The third kappa shape index (κ3) is 5.00. The molecule has 2 N–H and O–H groups in total. The summed E-state index contributed by atoms with van der Waals surface area (Å²) in [4.78, 5) is 29.0. The Bertz CT molecular complexity index is 1160. The molecule has 2 aromatic carbocycles. The number of anilines is 1. The van der Waals surface area contributed by atoms with Gasteiger partial charge in [0.25, 0.3) is 5.91 Å². The third-order valence-corrected chi connectivity index (χ3v) is 7.42. The van der Waals surface area contributed by atoms with Gasteiger partial charge in [-0.25, -0.2) is 0 Å². The van der Waals surface area contributed by atoms with Gasteiger partial charge < -0.3 is 10.4 Å². The smallest absolute Gasteiger partial charge is 0.280 e. The topological polar surface area (TPSA) is 82.5 Å². The molecular weight excluding hydrogens is 481 g/mol. The van der Waals surface area contributed by atoms with Crippen molar-refractivity contribution in [1.82, 2.24) is 9.69 Å². The van der Waals surface area contributed by atoms with Gasteiger partial charge in [-0.05, 0) is 60.6 Å². The minimum Gasteiger partial charge on any atom is -0.508 e. The van der Waals surface area contributed by atoms with Crippen LogP contribution in [0.1, 0.15) is 53.3 Å². The Hall–Kier alpha value is -2.61. The first-order chi connectivity index (χ1) is 15.9. The highest BCUT2D eigenvalue weighted by molar-refractivity contribution is 7.11. The molecule has 9 heteroatoms. The minimum absolute atomic E-state index is 0.00707. The van der Waals surface area contributed by atoms with Gasteiger partial charge in [-0.15, -0.1) is 0 Å². The Balaban J connectivity index is 1.85. The lowest BCUT2D eigenvalue weighted by Gasteiger charge is -2.33. The number of aromatic hydroxyl groups is 1. The van der Waals surface area contributed by atoms with E-state index in [0.717, 1.165) is 42.8 Å². The van der Waals surface area contributed by atoms with E-state index in [4.69, 9.17) is 23.2 Å². The van der Waals surface area contributed by atoms with E-state index < -0.39 is 11.9 Å². The van der Waals surface area contributed by atoms with Gasteiger partial charge in [-0.2, -0.15) is 4.37 Å². The predicted molar refractivity (Wildman–Crippen MR) is 131 cm³/mol. The zero-order valence-electron chi connectivity index (χ0n) is 17.9. The maximum Gasteiger partial charge on any atom is 0.280 e. The number of carbonyl (C=O) groups is 2. The zero-order chi connectivity index (χ0) is 23.5. The molecule has 33 heavy (non-hydrogen) atoms. The van der Waals surface area contributed by atoms with E-state index in [9.17, 15) is 14.7 Å². The number of halogens is 2. The van der Waals surface area contributed by atoms with Gasteiger partial charge in [0.2, 0.25) is 5.91 Å². The van der Waals surface area contributed by atoms with E-state index in [0.29, 0.717) is 11.3 Å². The molecule has 1 aromatic heterocycles. The standard InChI is InChI=1S/C24H23Cl2N3O3S/c1-14-6-2-5-9-18(14)29(24(32)20-19(25)22(26)33-28-20)21(15-10-12-17(30)13-11-15)23(31)27-16-7-3-4-8-16/h2,5-6,9-13,16,21,30H,3-4,7-8H2,1H3,(H,27,31)/t21-/m0/s1. The minimum atomic E-state index is -1.00. The number of rotatable bonds is 6. The SMILES string of the molecule is Cc1ccccc1N(C(=O)c1nsc(Cl)c1Cl)[C@H](C(=O)NC1CCCC1)c1ccc(O)cc1. The first kappa shape index (κ1) is 23.5. The van der Waals surface area contributed by atoms with E-state index >= 15 is 0 Å². The van der Waals surface area contributed by atoms with Crippen LogP contribution in [-0.4, -0.2) is 27.3 Å². The number of phenolic OH excluding ortho intramolecular Hbond substituents is 1. The number of carbonyl (C=O) groups excluding carboxylic acids is 2. The number of amides is 2. The van der Waals surface area contributed by atoms with Gasteiger partial charge in [0.1, 0.15) is 21.2 Å². The van der Waals surface area contributed by atoms with E-state index in [1.807, 2.05) is 19.1 Å². The Morgan fingerprint density at radius 3 is 2.39 bits per heavy atom. The molecule has 0 saturated heterocycles. The molecule has 1 aliphatic carbocycles.